The van der Waals surface area contributed by atoms with E-state index in [9.17, 15) is 14.9 Å². The molecule has 0 radical (unpaired) electrons. The molecule has 0 unspecified atom stereocenters. The minimum absolute atomic E-state index is 0.101. The van der Waals surface area contributed by atoms with E-state index < -0.39 is 10.8 Å². The largest absolute Gasteiger partial charge is 0.454 e. The second-order valence-corrected chi connectivity index (χ2v) is 6.35. The van der Waals surface area contributed by atoms with Crippen LogP contribution in [0.15, 0.2) is 47.8 Å². The second-order valence-electron chi connectivity index (χ2n) is 5.49. The predicted molar refractivity (Wildman–Crippen MR) is 99.0 cm³/mol. The lowest BCUT2D eigenvalue weighted by Crippen LogP contribution is -2.12. The fourth-order valence-corrected chi connectivity index (χ4v) is 3.14. The Labute approximate surface area is 156 Å². The van der Waals surface area contributed by atoms with Gasteiger partial charge in [0.2, 0.25) is 6.79 Å². The number of non-ortho nitro benzene ring substituents is 1. The van der Waals surface area contributed by atoms with E-state index >= 15 is 0 Å². The van der Waals surface area contributed by atoms with Crippen molar-refractivity contribution in [3.05, 3.63) is 63.7 Å². The molecule has 0 bridgehead atoms. The molecule has 27 heavy (non-hydrogen) atoms. The number of anilines is 3. The highest BCUT2D eigenvalue weighted by atomic mass is 32.1. The molecule has 9 nitrogen and oxygen atoms in total. The van der Waals surface area contributed by atoms with Gasteiger partial charge < -0.3 is 20.1 Å². The van der Waals surface area contributed by atoms with Crippen molar-refractivity contribution in [2.24, 2.45) is 0 Å². The van der Waals surface area contributed by atoms with E-state index in [1.807, 2.05) is 6.07 Å². The van der Waals surface area contributed by atoms with Crippen molar-refractivity contribution in [1.82, 2.24) is 4.98 Å². The summed E-state index contributed by atoms with van der Waals surface area (Å²) in [4.78, 5) is 26.8. The van der Waals surface area contributed by atoms with Gasteiger partial charge in [-0.3, -0.25) is 14.9 Å². The highest BCUT2D eigenvalue weighted by Crippen LogP contribution is 2.35. The zero-order valence-corrected chi connectivity index (χ0v) is 14.5. The topological polar surface area (TPSA) is 116 Å². The molecule has 1 aromatic heterocycles. The van der Waals surface area contributed by atoms with Crippen LogP contribution in [-0.2, 0) is 0 Å². The number of fused-ring (bicyclic) bond motifs is 1. The van der Waals surface area contributed by atoms with Crippen molar-refractivity contribution in [2.75, 3.05) is 17.4 Å². The first-order valence-electron chi connectivity index (χ1n) is 7.76. The smallest absolute Gasteiger partial charge is 0.275 e. The van der Waals surface area contributed by atoms with Gasteiger partial charge in [-0.05, 0) is 18.2 Å². The molecule has 3 aromatic rings. The Balaban J connectivity index is 1.45. The number of rotatable bonds is 5. The summed E-state index contributed by atoms with van der Waals surface area (Å²) in [6.45, 7) is 0.192. The molecule has 1 aliphatic heterocycles. The first-order chi connectivity index (χ1) is 13.1. The third-order valence-electron chi connectivity index (χ3n) is 3.68. The van der Waals surface area contributed by atoms with E-state index in [1.54, 1.807) is 23.6 Å². The molecule has 1 aliphatic rings. The monoisotopic (exact) mass is 384 g/mol. The van der Waals surface area contributed by atoms with E-state index in [4.69, 9.17) is 9.47 Å². The molecule has 0 saturated carbocycles. The molecule has 1 amide bonds. The van der Waals surface area contributed by atoms with E-state index in [0.29, 0.717) is 22.3 Å². The summed E-state index contributed by atoms with van der Waals surface area (Å²) in [5.74, 6) is 0.863. The van der Waals surface area contributed by atoms with Gasteiger partial charge in [0.25, 0.3) is 11.6 Å². The average molecular weight is 384 g/mol. The summed E-state index contributed by atoms with van der Waals surface area (Å²) in [6, 6.07) is 11.1. The second kappa shape index (κ2) is 6.92. The number of amides is 1. The molecule has 2 heterocycles. The Morgan fingerprint density at radius 1 is 1.15 bits per heavy atom. The summed E-state index contributed by atoms with van der Waals surface area (Å²) in [6.07, 6.45) is 0. The number of nitro benzene ring substituents is 1. The molecule has 0 saturated heterocycles. The number of hydrogen-bond acceptors (Lipinski definition) is 8. The van der Waals surface area contributed by atoms with Gasteiger partial charge in [-0.2, -0.15) is 0 Å². The number of nitro groups is 1. The van der Waals surface area contributed by atoms with Crippen molar-refractivity contribution in [3.63, 3.8) is 0 Å². The Morgan fingerprint density at radius 3 is 2.85 bits per heavy atom. The molecule has 136 valence electrons. The maximum absolute atomic E-state index is 12.3. The van der Waals surface area contributed by atoms with Gasteiger partial charge in [-0.25, -0.2) is 4.98 Å². The van der Waals surface area contributed by atoms with Crippen LogP contribution in [0.2, 0.25) is 0 Å². The van der Waals surface area contributed by atoms with Gasteiger partial charge in [-0.1, -0.05) is 6.07 Å². The van der Waals surface area contributed by atoms with Gasteiger partial charge in [0.1, 0.15) is 5.69 Å². The van der Waals surface area contributed by atoms with Crippen LogP contribution in [0.3, 0.4) is 0 Å². The molecule has 10 heteroatoms. The standard InChI is InChI=1S/C17H12N4O5S/c22-16(18-10-2-1-3-12(6-10)21(23)24)13-8-27-17(20-13)19-11-4-5-14-15(7-11)26-9-25-14/h1-8H,9H2,(H,18,22)(H,19,20). The lowest BCUT2D eigenvalue weighted by molar-refractivity contribution is -0.384. The van der Waals surface area contributed by atoms with Crippen LogP contribution >= 0.6 is 11.3 Å². The molecular weight excluding hydrogens is 372 g/mol. The average Bonchev–Trinajstić information content (AvgIpc) is 3.31. The lowest BCUT2D eigenvalue weighted by Gasteiger charge is -2.04. The zero-order chi connectivity index (χ0) is 18.8. The fraction of sp³-hybridized carbons (Fsp3) is 0.0588. The van der Waals surface area contributed by atoms with E-state index in [0.717, 1.165) is 5.69 Å². The molecule has 2 aromatic carbocycles. The normalized spacial score (nSPS) is 11.9. The number of ether oxygens (including phenoxy) is 2. The van der Waals surface area contributed by atoms with Crippen LogP contribution in [0.4, 0.5) is 22.2 Å². The molecule has 0 aliphatic carbocycles. The Kier molecular flexibility index (Phi) is 4.30. The van der Waals surface area contributed by atoms with Crippen LogP contribution in [0.1, 0.15) is 10.5 Å². The summed E-state index contributed by atoms with van der Waals surface area (Å²) in [5.41, 5.74) is 1.18. The number of nitrogens with zero attached hydrogens (tertiary/aromatic N) is 2. The minimum Gasteiger partial charge on any atom is -0.454 e. The van der Waals surface area contributed by atoms with Crippen LogP contribution in [0.25, 0.3) is 0 Å². The molecule has 4 rings (SSSR count). The van der Waals surface area contributed by atoms with Crippen molar-refractivity contribution >= 4 is 39.4 Å². The van der Waals surface area contributed by atoms with E-state index in [2.05, 4.69) is 15.6 Å². The number of aromatic nitrogens is 1. The van der Waals surface area contributed by atoms with Crippen molar-refractivity contribution in [2.45, 2.75) is 0 Å². The zero-order valence-electron chi connectivity index (χ0n) is 13.7. The van der Waals surface area contributed by atoms with Gasteiger partial charge >= 0.3 is 0 Å². The number of carbonyl (C=O) groups excluding carboxylic acids is 1. The van der Waals surface area contributed by atoms with E-state index in [-0.39, 0.29) is 18.2 Å². The number of nitrogens with one attached hydrogen (secondary N) is 2. The van der Waals surface area contributed by atoms with Crippen LogP contribution in [0.5, 0.6) is 11.5 Å². The van der Waals surface area contributed by atoms with Crippen molar-refractivity contribution in [1.29, 1.82) is 0 Å². The number of benzene rings is 2. The van der Waals surface area contributed by atoms with Gasteiger partial charge in [-0.15, -0.1) is 11.3 Å². The SMILES string of the molecule is O=C(Nc1cccc([N+](=O)[O-])c1)c1csc(Nc2ccc3c(c2)OCO3)n1. The number of thiazole rings is 1. The summed E-state index contributed by atoms with van der Waals surface area (Å²) in [7, 11) is 0. The Hall–Kier alpha value is -3.66. The van der Waals surface area contributed by atoms with Gasteiger partial charge in [0, 0.05) is 35.0 Å². The lowest BCUT2D eigenvalue weighted by atomic mass is 10.2. The van der Waals surface area contributed by atoms with Crippen molar-refractivity contribution in [3.8, 4) is 11.5 Å². The quantitative estimate of drug-likeness (QED) is 0.508. The first kappa shape index (κ1) is 16.8. The van der Waals surface area contributed by atoms with Gasteiger partial charge in [0.05, 0.1) is 4.92 Å². The molecule has 0 atom stereocenters. The number of carbonyl (C=O) groups is 1. The molecule has 2 N–H and O–H groups in total. The van der Waals surface area contributed by atoms with Crippen LogP contribution in [0, 0.1) is 10.1 Å². The predicted octanol–water partition coefficient (Wildman–Crippen LogP) is 3.78. The summed E-state index contributed by atoms with van der Waals surface area (Å²) < 4.78 is 10.6. The molecular formula is C17H12N4O5S. The Bertz CT molecular complexity index is 1040. The molecule has 0 fully saturated rings. The van der Waals surface area contributed by atoms with Crippen LogP contribution < -0.4 is 20.1 Å². The maximum atomic E-state index is 12.3. The third kappa shape index (κ3) is 3.65. The first-order valence-corrected chi connectivity index (χ1v) is 8.64. The minimum atomic E-state index is -0.522. The highest BCUT2D eigenvalue weighted by molar-refractivity contribution is 7.14. The van der Waals surface area contributed by atoms with Crippen molar-refractivity contribution < 1.29 is 19.2 Å². The third-order valence-corrected chi connectivity index (χ3v) is 4.43. The highest BCUT2D eigenvalue weighted by Gasteiger charge is 2.15. The number of hydrogen-bond donors (Lipinski definition) is 2. The molecule has 0 spiro atoms. The summed E-state index contributed by atoms with van der Waals surface area (Å²) in [5, 5.41) is 18.6. The maximum Gasteiger partial charge on any atom is 0.275 e. The van der Waals surface area contributed by atoms with Crippen LogP contribution in [-0.4, -0.2) is 22.6 Å². The van der Waals surface area contributed by atoms with E-state index in [1.165, 1.54) is 29.5 Å². The Morgan fingerprint density at radius 2 is 2.00 bits per heavy atom. The van der Waals surface area contributed by atoms with Gasteiger partial charge in [0.15, 0.2) is 16.6 Å². The fourth-order valence-electron chi connectivity index (χ4n) is 2.43. The summed E-state index contributed by atoms with van der Waals surface area (Å²) >= 11 is 1.26.